The summed E-state index contributed by atoms with van der Waals surface area (Å²) in [5.74, 6) is 0. The Morgan fingerprint density at radius 1 is 1.25 bits per heavy atom. The number of rotatable bonds is 5. The molecular formula is C23H29N. The van der Waals surface area contributed by atoms with E-state index in [1.807, 2.05) is 26.0 Å². The summed E-state index contributed by atoms with van der Waals surface area (Å²) in [4.78, 5) is 0. The van der Waals surface area contributed by atoms with Crippen LogP contribution in [0.15, 0.2) is 77.9 Å². The number of hydrogen-bond donors (Lipinski definition) is 1. The van der Waals surface area contributed by atoms with Crippen molar-refractivity contribution < 1.29 is 0 Å². The van der Waals surface area contributed by atoms with Gasteiger partial charge in [-0.25, -0.2) is 0 Å². The molecule has 1 aromatic carbocycles. The van der Waals surface area contributed by atoms with Gasteiger partial charge in [-0.3, -0.25) is 0 Å². The lowest BCUT2D eigenvalue weighted by atomic mass is 9.86. The summed E-state index contributed by atoms with van der Waals surface area (Å²) in [6.45, 7) is 12.6. The van der Waals surface area contributed by atoms with Crippen molar-refractivity contribution in [2.24, 2.45) is 5.73 Å². The maximum atomic E-state index is 6.34. The third-order valence-corrected chi connectivity index (χ3v) is 4.43. The zero-order valence-electron chi connectivity index (χ0n) is 15.4. The quantitative estimate of drug-likeness (QED) is 0.656. The average molecular weight is 319 g/mol. The maximum Gasteiger partial charge on any atom is 0.0358 e. The van der Waals surface area contributed by atoms with Crippen molar-refractivity contribution in [1.29, 1.82) is 0 Å². The van der Waals surface area contributed by atoms with E-state index in [4.69, 9.17) is 5.73 Å². The van der Waals surface area contributed by atoms with Gasteiger partial charge >= 0.3 is 0 Å². The first-order chi connectivity index (χ1) is 11.3. The van der Waals surface area contributed by atoms with Crippen LogP contribution >= 0.6 is 0 Å². The average Bonchev–Trinajstić information content (AvgIpc) is 2.55. The van der Waals surface area contributed by atoms with Crippen LogP contribution in [-0.4, -0.2) is 0 Å². The highest BCUT2D eigenvalue weighted by atomic mass is 14.7. The molecule has 0 fully saturated rings. The summed E-state index contributed by atoms with van der Waals surface area (Å²) >= 11 is 0. The summed E-state index contributed by atoms with van der Waals surface area (Å²) in [7, 11) is 0. The molecule has 0 radical (unpaired) electrons. The third-order valence-electron chi connectivity index (χ3n) is 4.43. The molecule has 0 aliphatic heterocycles. The van der Waals surface area contributed by atoms with Gasteiger partial charge < -0.3 is 5.73 Å². The molecule has 2 rings (SSSR count). The van der Waals surface area contributed by atoms with Crippen LogP contribution in [0.1, 0.15) is 51.7 Å². The van der Waals surface area contributed by atoms with Crippen molar-refractivity contribution in [3.63, 3.8) is 0 Å². The zero-order chi connectivity index (χ0) is 17.7. The van der Waals surface area contributed by atoms with Crippen molar-refractivity contribution in [2.75, 3.05) is 0 Å². The van der Waals surface area contributed by atoms with Crippen LogP contribution in [0.3, 0.4) is 0 Å². The first-order valence-electron chi connectivity index (χ1n) is 8.63. The number of allylic oxidation sites excluding steroid dienone is 9. The van der Waals surface area contributed by atoms with Crippen molar-refractivity contribution in [3.8, 4) is 0 Å². The Labute approximate surface area is 147 Å². The molecule has 0 bridgehead atoms. The molecule has 0 heterocycles. The van der Waals surface area contributed by atoms with E-state index in [2.05, 4.69) is 62.9 Å². The van der Waals surface area contributed by atoms with Crippen LogP contribution in [0.4, 0.5) is 0 Å². The minimum atomic E-state index is -0.388. The molecule has 1 aliphatic carbocycles. The van der Waals surface area contributed by atoms with Gasteiger partial charge in [0.2, 0.25) is 0 Å². The van der Waals surface area contributed by atoms with Gasteiger partial charge in [-0.2, -0.15) is 0 Å². The number of hydrogen-bond acceptors (Lipinski definition) is 1. The maximum absolute atomic E-state index is 6.34. The Morgan fingerprint density at radius 2 is 1.96 bits per heavy atom. The Morgan fingerprint density at radius 3 is 2.54 bits per heavy atom. The Kier molecular flexibility index (Phi) is 5.80. The summed E-state index contributed by atoms with van der Waals surface area (Å²) in [6.07, 6.45) is 13.2. The number of nitrogens with two attached hydrogens (primary N) is 1. The fourth-order valence-corrected chi connectivity index (χ4v) is 3.24. The third kappa shape index (κ3) is 4.24. The molecule has 1 heteroatoms. The summed E-state index contributed by atoms with van der Waals surface area (Å²) in [5, 5.41) is 0. The Hall–Kier alpha value is -2.12. The van der Waals surface area contributed by atoms with Crippen molar-refractivity contribution in [2.45, 2.75) is 46.1 Å². The predicted octanol–water partition coefficient (Wildman–Crippen LogP) is 6.06. The second kappa shape index (κ2) is 7.63. The van der Waals surface area contributed by atoms with E-state index in [9.17, 15) is 0 Å². The van der Waals surface area contributed by atoms with Gasteiger partial charge in [-0.1, -0.05) is 61.2 Å². The first-order valence-corrected chi connectivity index (χ1v) is 8.63. The second-order valence-electron chi connectivity index (χ2n) is 6.98. The van der Waals surface area contributed by atoms with Gasteiger partial charge in [-0.15, -0.1) is 0 Å². The molecule has 24 heavy (non-hydrogen) atoms. The molecule has 1 aromatic rings. The molecular weight excluding hydrogens is 290 g/mol. The zero-order valence-corrected chi connectivity index (χ0v) is 15.4. The first kappa shape index (κ1) is 18.2. The SMILES string of the molecule is C=C(/C=C(C)\C(=C/C)C1=CC=CCC1)c1ccccc1C(C)(C)N. The summed E-state index contributed by atoms with van der Waals surface area (Å²) in [6, 6.07) is 8.28. The van der Waals surface area contributed by atoms with Crippen molar-refractivity contribution in [1.82, 2.24) is 0 Å². The highest BCUT2D eigenvalue weighted by Crippen LogP contribution is 2.31. The molecule has 2 N–H and O–H groups in total. The standard InChI is InChI=1S/C23H29N/c1-6-20(19-12-8-7-9-13-19)17(2)16-18(3)21-14-10-11-15-22(21)23(4,5)24/h6-8,10-12,14-16H,3,9,13,24H2,1-2,4-5H3/b17-16-,20-6+. The minimum absolute atomic E-state index is 0.388. The normalized spacial score (nSPS) is 16.1. The summed E-state index contributed by atoms with van der Waals surface area (Å²) in [5.41, 5.74) is 13.2. The van der Waals surface area contributed by atoms with Crippen LogP contribution < -0.4 is 5.73 Å². The van der Waals surface area contributed by atoms with Crippen LogP contribution in [0, 0.1) is 0 Å². The van der Waals surface area contributed by atoms with E-state index in [0.29, 0.717) is 0 Å². The molecule has 0 unspecified atom stereocenters. The van der Waals surface area contributed by atoms with E-state index in [1.54, 1.807) is 0 Å². The van der Waals surface area contributed by atoms with Crippen molar-refractivity contribution >= 4 is 5.57 Å². The largest absolute Gasteiger partial charge is 0.322 e. The van der Waals surface area contributed by atoms with E-state index >= 15 is 0 Å². The highest BCUT2D eigenvalue weighted by Gasteiger charge is 2.18. The number of benzene rings is 1. The van der Waals surface area contributed by atoms with E-state index < -0.39 is 0 Å². The molecule has 0 amide bonds. The lowest BCUT2D eigenvalue weighted by Crippen LogP contribution is -2.29. The molecule has 126 valence electrons. The smallest absolute Gasteiger partial charge is 0.0358 e. The molecule has 0 saturated heterocycles. The molecule has 0 saturated carbocycles. The molecule has 1 aliphatic rings. The fourth-order valence-electron chi connectivity index (χ4n) is 3.24. The lowest BCUT2D eigenvalue weighted by molar-refractivity contribution is 0.553. The molecule has 0 spiro atoms. The second-order valence-corrected chi connectivity index (χ2v) is 6.98. The fraction of sp³-hybridized carbons (Fsp3) is 0.304. The van der Waals surface area contributed by atoms with E-state index in [1.165, 1.54) is 16.7 Å². The van der Waals surface area contributed by atoms with E-state index in [-0.39, 0.29) is 5.54 Å². The Balaban J connectivity index is 2.36. The van der Waals surface area contributed by atoms with E-state index in [0.717, 1.165) is 29.5 Å². The topological polar surface area (TPSA) is 26.0 Å². The van der Waals surface area contributed by atoms with Crippen LogP contribution in [-0.2, 0) is 5.54 Å². The summed E-state index contributed by atoms with van der Waals surface area (Å²) < 4.78 is 0. The highest BCUT2D eigenvalue weighted by molar-refractivity contribution is 5.77. The molecule has 0 atom stereocenters. The van der Waals surface area contributed by atoms with Crippen LogP contribution in [0.5, 0.6) is 0 Å². The predicted molar refractivity (Wildman–Crippen MR) is 107 cm³/mol. The van der Waals surface area contributed by atoms with Crippen LogP contribution in [0.2, 0.25) is 0 Å². The van der Waals surface area contributed by atoms with Crippen molar-refractivity contribution in [3.05, 3.63) is 89.1 Å². The Bertz CT molecular complexity index is 734. The van der Waals surface area contributed by atoms with Gasteiger partial charge in [0.1, 0.15) is 0 Å². The minimum Gasteiger partial charge on any atom is -0.322 e. The molecule has 1 nitrogen and oxygen atoms in total. The van der Waals surface area contributed by atoms with Gasteiger partial charge in [-0.05, 0) is 74.0 Å². The molecule has 0 aromatic heterocycles. The monoisotopic (exact) mass is 319 g/mol. The van der Waals surface area contributed by atoms with Gasteiger partial charge in [0, 0.05) is 5.54 Å². The van der Waals surface area contributed by atoms with Gasteiger partial charge in [0.25, 0.3) is 0 Å². The van der Waals surface area contributed by atoms with Gasteiger partial charge in [0.05, 0.1) is 0 Å². The van der Waals surface area contributed by atoms with Crippen LogP contribution in [0.25, 0.3) is 5.57 Å². The lowest BCUT2D eigenvalue weighted by Gasteiger charge is -2.23. The van der Waals surface area contributed by atoms with Gasteiger partial charge in [0.15, 0.2) is 0 Å².